The van der Waals surface area contributed by atoms with Gasteiger partial charge in [-0.2, -0.15) is 11.2 Å². The molecule has 1 nitrogen and oxygen atoms in total. The largest absolute Gasteiger partial charge is 0.257 e. The maximum atomic E-state index is 5.02. The second-order valence-corrected chi connectivity index (χ2v) is 16.2. The Morgan fingerprint density at radius 2 is 1.95 bits per heavy atom. The predicted molar refractivity (Wildman–Crippen MR) is 96.1 cm³/mol. The molecule has 0 spiro atoms. The Morgan fingerprint density at radius 3 is 2.65 bits per heavy atom. The van der Waals surface area contributed by atoms with Crippen LogP contribution in [0.5, 0.6) is 0 Å². The summed E-state index contributed by atoms with van der Waals surface area (Å²) >= 11 is 2.23. The number of hydrogen-bond acceptors (Lipinski definition) is 2. The zero-order chi connectivity index (χ0) is 14.6. The van der Waals surface area contributed by atoms with Crippen LogP contribution in [0.1, 0.15) is 37.7 Å². The van der Waals surface area contributed by atoms with Gasteiger partial charge < -0.3 is 0 Å². The van der Waals surface area contributed by atoms with Crippen LogP contribution in [-0.2, 0) is 0 Å². The molecule has 0 radical (unpaired) electrons. The van der Waals surface area contributed by atoms with Crippen LogP contribution in [0.25, 0.3) is 0 Å². The molecule has 0 saturated heterocycles. The molecule has 2 rings (SSSR count). The maximum Gasteiger partial charge on any atom is 0.109 e. The van der Waals surface area contributed by atoms with E-state index in [1.54, 1.807) is 0 Å². The monoisotopic (exact) mass is 305 g/mol. The lowest BCUT2D eigenvalue weighted by atomic mass is 10.1. The van der Waals surface area contributed by atoms with Crippen molar-refractivity contribution in [1.82, 2.24) is 0 Å². The zero-order valence-corrected chi connectivity index (χ0v) is 15.1. The van der Waals surface area contributed by atoms with Crippen molar-refractivity contribution in [2.24, 2.45) is 4.99 Å². The smallest absolute Gasteiger partial charge is 0.109 e. The van der Waals surface area contributed by atoms with Crippen LogP contribution in [0.15, 0.2) is 29.3 Å². The van der Waals surface area contributed by atoms with E-state index in [9.17, 15) is 0 Å². The summed E-state index contributed by atoms with van der Waals surface area (Å²) in [5.41, 5.74) is 3.89. The highest BCUT2D eigenvalue weighted by molar-refractivity contribution is 8.29. The standard InChI is InChI=1S/C17H27NSSi/c1-14-9-8-10-15(13-14)18-16-11-6-5-7-12-17(16)19-20(2,3)4/h8-10,13,17H,5-7,11-12H2,1-4H3/b18-16+. The number of rotatable bonds is 3. The molecule has 110 valence electrons. The molecule has 1 aromatic rings. The number of nitrogens with zero attached hydrogens (tertiary/aromatic N) is 1. The Balaban J connectivity index is 2.23. The molecule has 1 aromatic carbocycles. The van der Waals surface area contributed by atoms with Gasteiger partial charge in [0, 0.05) is 11.0 Å². The van der Waals surface area contributed by atoms with E-state index in [0.29, 0.717) is 5.25 Å². The third-order valence-corrected chi connectivity index (χ3v) is 8.02. The van der Waals surface area contributed by atoms with Crippen LogP contribution in [0, 0.1) is 6.92 Å². The van der Waals surface area contributed by atoms with E-state index in [2.05, 4.69) is 62.0 Å². The van der Waals surface area contributed by atoms with E-state index in [-0.39, 0.29) is 0 Å². The topological polar surface area (TPSA) is 12.4 Å². The lowest BCUT2D eigenvalue weighted by Gasteiger charge is -2.24. The molecule has 0 heterocycles. The van der Waals surface area contributed by atoms with E-state index in [0.717, 1.165) is 5.69 Å². The second-order valence-electron chi connectivity index (χ2n) is 6.76. The SMILES string of the molecule is Cc1cccc(/N=C2\CCCCCC2S[Si](C)(C)C)c1. The highest BCUT2D eigenvalue weighted by Gasteiger charge is 2.26. The van der Waals surface area contributed by atoms with Crippen molar-refractivity contribution in [1.29, 1.82) is 0 Å². The minimum Gasteiger partial charge on any atom is -0.257 e. The van der Waals surface area contributed by atoms with E-state index >= 15 is 0 Å². The maximum absolute atomic E-state index is 5.02. The van der Waals surface area contributed by atoms with Gasteiger partial charge >= 0.3 is 0 Å². The summed E-state index contributed by atoms with van der Waals surface area (Å²) in [6.45, 7) is 9.50. The Bertz CT molecular complexity index is 476. The van der Waals surface area contributed by atoms with Crippen molar-refractivity contribution in [3.63, 3.8) is 0 Å². The van der Waals surface area contributed by atoms with Crippen LogP contribution in [0.4, 0.5) is 5.69 Å². The van der Waals surface area contributed by atoms with Gasteiger partial charge in [0.15, 0.2) is 0 Å². The first-order valence-corrected chi connectivity index (χ1v) is 12.9. The Morgan fingerprint density at radius 1 is 1.15 bits per heavy atom. The third-order valence-electron chi connectivity index (χ3n) is 3.54. The molecule has 1 aliphatic carbocycles. The Kier molecular flexibility index (Phi) is 5.50. The van der Waals surface area contributed by atoms with Gasteiger partial charge in [0.25, 0.3) is 0 Å². The van der Waals surface area contributed by atoms with E-state index in [1.165, 1.54) is 43.4 Å². The minimum atomic E-state index is -1.10. The lowest BCUT2D eigenvalue weighted by Crippen LogP contribution is -2.25. The fraction of sp³-hybridized carbons (Fsp3) is 0.588. The van der Waals surface area contributed by atoms with Gasteiger partial charge in [-0.25, -0.2) is 0 Å². The van der Waals surface area contributed by atoms with E-state index in [4.69, 9.17) is 4.99 Å². The zero-order valence-electron chi connectivity index (χ0n) is 13.3. The second kappa shape index (κ2) is 6.95. The van der Waals surface area contributed by atoms with Crippen LogP contribution in [-0.4, -0.2) is 18.2 Å². The first-order valence-electron chi connectivity index (χ1n) is 7.76. The van der Waals surface area contributed by atoms with Crippen molar-refractivity contribution >= 4 is 29.8 Å². The molecule has 1 fully saturated rings. The van der Waals surface area contributed by atoms with Crippen LogP contribution < -0.4 is 0 Å². The normalized spacial score (nSPS) is 22.8. The fourth-order valence-corrected chi connectivity index (χ4v) is 7.45. The highest BCUT2D eigenvalue weighted by Crippen LogP contribution is 2.33. The predicted octanol–water partition coefficient (Wildman–Crippen LogP) is 5.97. The van der Waals surface area contributed by atoms with E-state index in [1.807, 2.05) is 0 Å². The summed E-state index contributed by atoms with van der Waals surface area (Å²) in [7, 11) is -1.10. The first kappa shape index (κ1) is 15.8. The summed E-state index contributed by atoms with van der Waals surface area (Å²) < 4.78 is 0. The number of aliphatic imine (C=N–C) groups is 1. The van der Waals surface area contributed by atoms with Gasteiger partial charge in [0.1, 0.15) is 7.22 Å². The van der Waals surface area contributed by atoms with Gasteiger partial charge in [-0.15, -0.1) is 0 Å². The number of hydrogen-bond donors (Lipinski definition) is 0. The molecule has 1 unspecified atom stereocenters. The van der Waals surface area contributed by atoms with Crippen LogP contribution in [0.3, 0.4) is 0 Å². The summed E-state index contributed by atoms with van der Waals surface area (Å²) in [5.74, 6) is 0. The van der Waals surface area contributed by atoms with E-state index < -0.39 is 7.22 Å². The Hall–Kier alpha value is -0.543. The van der Waals surface area contributed by atoms with Crippen molar-refractivity contribution < 1.29 is 0 Å². The molecule has 20 heavy (non-hydrogen) atoms. The molecule has 0 aromatic heterocycles. The highest BCUT2D eigenvalue weighted by atomic mass is 32.4. The number of aryl methyl sites for hydroxylation is 1. The fourth-order valence-electron chi connectivity index (χ4n) is 2.69. The molecule has 1 atom stereocenters. The summed E-state index contributed by atoms with van der Waals surface area (Å²) in [6.07, 6.45) is 6.56. The third kappa shape index (κ3) is 5.10. The molecule has 3 heteroatoms. The molecule has 1 aliphatic rings. The lowest BCUT2D eigenvalue weighted by molar-refractivity contribution is 0.706. The van der Waals surface area contributed by atoms with Gasteiger partial charge in [-0.05, 0) is 43.9 Å². The molecule has 0 bridgehead atoms. The van der Waals surface area contributed by atoms with Crippen LogP contribution in [0.2, 0.25) is 19.6 Å². The van der Waals surface area contributed by atoms with Crippen molar-refractivity contribution in [2.75, 3.05) is 0 Å². The average molecular weight is 306 g/mol. The van der Waals surface area contributed by atoms with Crippen molar-refractivity contribution in [3.8, 4) is 0 Å². The quantitative estimate of drug-likeness (QED) is 0.495. The molecule has 1 saturated carbocycles. The van der Waals surface area contributed by atoms with Gasteiger partial charge in [-0.1, -0.05) is 44.6 Å². The average Bonchev–Trinajstić information content (AvgIpc) is 2.54. The van der Waals surface area contributed by atoms with Crippen molar-refractivity contribution in [2.45, 2.75) is 63.9 Å². The minimum absolute atomic E-state index is 0.657. The van der Waals surface area contributed by atoms with Crippen LogP contribution >= 0.6 is 11.2 Å². The van der Waals surface area contributed by atoms with Gasteiger partial charge in [-0.3, -0.25) is 4.99 Å². The summed E-state index contributed by atoms with van der Waals surface area (Å²) in [5, 5.41) is 0.657. The first-order chi connectivity index (χ1) is 9.44. The van der Waals surface area contributed by atoms with Crippen molar-refractivity contribution in [3.05, 3.63) is 29.8 Å². The summed E-state index contributed by atoms with van der Waals surface area (Å²) in [6, 6.07) is 8.60. The molecule has 0 amide bonds. The summed E-state index contributed by atoms with van der Waals surface area (Å²) in [4.78, 5) is 5.02. The molecular formula is C17H27NSSi. The molecule has 0 N–H and O–H groups in total. The molecular weight excluding hydrogens is 278 g/mol. The molecule has 0 aliphatic heterocycles. The van der Waals surface area contributed by atoms with Gasteiger partial charge in [0.05, 0.1) is 5.69 Å². The Labute approximate surface area is 128 Å². The number of benzene rings is 1. The van der Waals surface area contributed by atoms with Gasteiger partial charge in [0.2, 0.25) is 0 Å².